The summed E-state index contributed by atoms with van der Waals surface area (Å²) in [6.45, 7) is 5.77. The molecule has 0 saturated heterocycles. The molecule has 2 unspecified atom stereocenters. The monoisotopic (exact) mass is 284 g/mol. The van der Waals surface area contributed by atoms with E-state index < -0.39 is 0 Å². The molecule has 2 heteroatoms. The number of carbonyl (C=O) groups excluding carboxylic acids is 1. The Morgan fingerprint density at radius 2 is 1.76 bits per heavy atom. The highest BCUT2D eigenvalue weighted by Crippen LogP contribution is 2.28. The quantitative estimate of drug-likeness (QED) is 0.736. The molecule has 0 heterocycles. The second kappa shape index (κ2) is 6.66. The van der Waals surface area contributed by atoms with Crippen LogP contribution < -0.4 is 0 Å². The maximum Gasteiger partial charge on any atom is 0.142 e. The minimum absolute atomic E-state index is 0.0110. The molecule has 0 aliphatic carbocycles. The van der Waals surface area contributed by atoms with Crippen LogP contribution in [0.25, 0.3) is 11.1 Å². The number of hydrogen-bond donors (Lipinski definition) is 0. The number of ketones is 1. The Balaban J connectivity index is 2.29. The molecule has 2 atom stereocenters. The molecule has 2 aromatic carbocycles. The molecule has 0 saturated carbocycles. The molecule has 0 spiro atoms. The zero-order chi connectivity index (χ0) is 15.4. The van der Waals surface area contributed by atoms with Crippen molar-refractivity contribution < 1.29 is 9.18 Å². The SMILES string of the molecule is CCC(C)C(=O)C(C)c1ccc(-c2ccccc2)c(F)c1. The minimum Gasteiger partial charge on any atom is -0.299 e. The van der Waals surface area contributed by atoms with Crippen LogP contribution in [0.3, 0.4) is 0 Å². The molecule has 0 amide bonds. The van der Waals surface area contributed by atoms with E-state index in [-0.39, 0.29) is 23.4 Å². The predicted molar refractivity (Wildman–Crippen MR) is 84.7 cm³/mol. The van der Waals surface area contributed by atoms with E-state index in [4.69, 9.17) is 0 Å². The normalized spacial score (nSPS) is 13.7. The summed E-state index contributed by atoms with van der Waals surface area (Å²) in [4.78, 5) is 12.2. The first-order valence-electron chi connectivity index (χ1n) is 7.43. The third kappa shape index (κ3) is 3.38. The van der Waals surface area contributed by atoms with Crippen molar-refractivity contribution in [2.24, 2.45) is 5.92 Å². The van der Waals surface area contributed by atoms with Crippen molar-refractivity contribution in [3.8, 4) is 11.1 Å². The Hall–Kier alpha value is -1.96. The van der Waals surface area contributed by atoms with Crippen LogP contribution in [-0.2, 0) is 4.79 Å². The first kappa shape index (κ1) is 15.4. The van der Waals surface area contributed by atoms with Gasteiger partial charge in [0.2, 0.25) is 0 Å². The van der Waals surface area contributed by atoms with E-state index in [2.05, 4.69) is 0 Å². The van der Waals surface area contributed by atoms with Gasteiger partial charge in [0.25, 0.3) is 0 Å². The Labute approximate surface area is 125 Å². The predicted octanol–water partition coefficient (Wildman–Crippen LogP) is 5.21. The van der Waals surface area contributed by atoms with Gasteiger partial charge in [0, 0.05) is 17.4 Å². The first-order valence-corrected chi connectivity index (χ1v) is 7.43. The average Bonchev–Trinajstić information content (AvgIpc) is 2.53. The van der Waals surface area contributed by atoms with Gasteiger partial charge in [-0.05, 0) is 23.6 Å². The lowest BCUT2D eigenvalue weighted by Crippen LogP contribution is -2.17. The van der Waals surface area contributed by atoms with Gasteiger partial charge in [0.1, 0.15) is 11.6 Å². The molecule has 0 aliphatic heterocycles. The van der Waals surface area contributed by atoms with Crippen molar-refractivity contribution in [2.75, 3.05) is 0 Å². The van der Waals surface area contributed by atoms with Gasteiger partial charge < -0.3 is 0 Å². The molecule has 2 aromatic rings. The first-order chi connectivity index (χ1) is 10.0. The van der Waals surface area contributed by atoms with Gasteiger partial charge in [-0.2, -0.15) is 0 Å². The summed E-state index contributed by atoms with van der Waals surface area (Å²) in [5.41, 5.74) is 2.17. The summed E-state index contributed by atoms with van der Waals surface area (Å²) < 4.78 is 14.3. The molecule has 0 fully saturated rings. The minimum atomic E-state index is -0.275. The van der Waals surface area contributed by atoms with Crippen LogP contribution in [-0.4, -0.2) is 5.78 Å². The van der Waals surface area contributed by atoms with E-state index in [1.54, 1.807) is 6.07 Å². The van der Waals surface area contributed by atoms with E-state index in [0.717, 1.165) is 17.5 Å². The fraction of sp³-hybridized carbons (Fsp3) is 0.316. The summed E-state index contributed by atoms with van der Waals surface area (Å²) in [6.07, 6.45) is 0.813. The van der Waals surface area contributed by atoms with Crippen LogP contribution in [0.5, 0.6) is 0 Å². The number of halogens is 1. The van der Waals surface area contributed by atoms with Gasteiger partial charge in [-0.3, -0.25) is 4.79 Å². The molecule has 0 radical (unpaired) electrons. The highest BCUT2D eigenvalue weighted by Gasteiger charge is 2.21. The topological polar surface area (TPSA) is 17.1 Å². The summed E-state index contributed by atoms with van der Waals surface area (Å²) >= 11 is 0. The van der Waals surface area contributed by atoms with Crippen molar-refractivity contribution in [3.63, 3.8) is 0 Å². The number of hydrogen-bond acceptors (Lipinski definition) is 1. The van der Waals surface area contributed by atoms with Gasteiger partial charge in [-0.15, -0.1) is 0 Å². The smallest absolute Gasteiger partial charge is 0.142 e. The maximum atomic E-state index is 14.3. The number of rotatable bonds is 5. The second-order valence-electron chi connectivity index (χ2n) is 5.54. The summed E-state index contributed by atoms with van der Waals surface area (Å²) in [5, 5.41) is 0. The maximum absolute atomic E-state index is 14.3. The number of benzene rings is 2. The van der Waals surface area contributed by atoms with E-state index in [0.29, 0.717) is 5.56 Å². The molecule has 2 rings (SSSR count). The summed E-state index contributed by atoms with van der Waals surface area (Å²) in [7, 11) is 0. The highest BCUT2D eigenvalue weighted by atomic mass is 19.1. The second-order valence-corrected chi connectivity index (χ2v) is 5.54. The van der Waals surface area contributed by atoms with Crippen LogP contribution >= 0.6 is 0 Å². The molecule has 0 bridgehead atoms. The number of carbonyl (C=O) groups is 1. The standard InChI is InChI=1S/C19H21FO/c1-4-13(2)19(21)14(3)16-10-11-17(18(20)12-16)15-8-6-5-7-9-15/h5-14H,4H2,1-3H3. The summed E-state index contributed by atoms with van der Waals surface area (Å²) in [5.74, 6) is -0.358. The Morgan fingerprint density at radius 1 is 1.10 bits per heavy atom. The van der Waals surface area contributed by atoms with Crippen molar-refractivity contribution in [1.29, 1.82) is 0 Å². The van der Waals surface area contributed by atoms with Crippen LogP contribution in [0.2, 0.25) is 0 Å². The van der Waals surface area contributed by atoms with Crippen LogP contribution in [0.15, 0.2) is 48.5 Å². The van der Waals surface area contributed by atoms with Crippen LogP contribution in [0.1, 0.15) is 38.7 Å². The lowest BCUT2D eigenvalue weighted by Gasteiger charge is -2.16. The molecule has 1 nitrogen and oxygen atoms in total. The lowest BCUT2D eigenvalue weighted by molar-refractivity contribution is -0.123. The van der Waals surface area contributed by atoms with Crippen LogP contribution in [0, 0.1) is 11.7 Å². The van der Waals surface area contributed by atoms with Crippen molar-refractivity contribution in [1.82, 2.24) is 0 Å². The van der Waals surface area contributed by atoms with Gasteiger partial charge in [0.05, 0.1) is 0 Å². The zero-order valence-corrected chi connectivity index (χ0v) is 12.8. The molecule has 0 aromatic heterocycles. The molecule has 0 N–H and O–H groups in total. The van der Waals surface area contributed by atoms with Crippen molar-refractivity contribution >= 4 is 5.78 Å². The largest absolute Gasteiger partial charge is 0.299 e. The highest BCUT2D eigenvalue weighted by molar-refractivity contribution is 5.87. The fourth-order valence-electron chi connectivity index (χ4n) is 2.44. The average molecular weight is 284 g/mol. The van der Waals surface area contributed by atoms with E-state index >= 15 is 0 Å². The van der Waals surface area contributed by atoms with E-state index in [1.165, 1.54) is 6.07 Å². The van der Waals surface area contributed by atoms with Gasteiger partial charge >= 0.3 is 0 Å². The van der Waals surface area contributed by atoms with Crippen molar-refractivity contribution in [2.45, 2.75) is 33.1 Å². The number of Topliss-reactive ketones (excluding diaryl/α,β-unsaturated/α-hetero) is 1. The zero-order valence-electron chi connectivity index (χ0n) is 12.8. The molecular formula is C19H21FO. The van der Waals surface area contributed by atoms with E-state index in [9.17, 15) is 9.18 Å². The lowest BCUT2D eigenvalue weighted by atomic mass is 9.87. The van der Waals surface area contributed by atoms with Gasteiger partial charge in [-0.1, -0.05) is 63.2 Å². The summed E-state index contributed by atoms with van der Waals surface area (Å²) in [6, 6.07) is 14.6. The fourth-order valence-corrected chi connectivity index (χ4v) is 2.44. The third-order valence-corrected chi connectivity index (χ3v) is 4.10. The van der Waals surface area contributed by atoms with Crippen LogP contribution in [0.4, 0.5) is 4.39 Å². The van der Waals surface area contributed by atoms with Gasteiger partial charge in [0.15, 0.2) is 0 Å². The Kier molecular flexibility index (Phi) is 4.89. The van der Waals surface area contributed by atoms with Crippen molar-refractivity contribution in [3.05, 3.63) is 59.9 Å². The molecule has 0 aliphatic rings. The Morgan fingerprint density at radius 3 is 2.33 bits per heavy atom. The third-order valence-electron chi connectivity index (χ3n) is 4.10. The molecular weight excluding hydrogens is 263 g/mol. The molecule has 110 valence electrons. The molecule has 21 heavy (non-hydrogen) atoms. The Bertz CT molecular complexity index is 619. The van der Waals surface area contributed by atoms with Gasteiger partial charge in [-0.25, -0.2) is 4.39 Å². The van der Waals surface area contributed by atoms with E-state index in [1.807, 2.05) is 57.2 Å².